The molecule has 1 aromatic heterocycles. The lowest BCUT2D eigenvalue weighted by Crippen LogP contribution is -2.23. The summed E-state index contributed by atoms with van der Waals surface area (Å²) in [5.41, 5.74) is 2.81. The van der Waals surface area contributed by atoms with Crippen LogP contribution in [0.1, 0.15) is 40.5 Å². The van der Waals surface area contributed by atoms with Gasteiger partial charge in [0.15, 0.2) is 0 Å². The molecule has 0 aliphatic rings. The Kier molecular flexibility index (Phi) is 7.18. The summed E-state index contributed by atoms with van der Waals surface area (Å²) in [6.45, 7) is 5.30. The van der Waals surface area contributed by atoms with Gasteiger partial charge >= 0.3 is 0 Å². The molecule has 0 bridgehead atoms. The summed E-state index contributed by atoms with van der Waals surface area (Å²) < 4.78 is 7.16. The molecular formula is C22H23Cl2N3O2. The minimum Gasteiger partial charge on any atom is -0.494 e. The topological polar surface area (TPSA) is 56.1 Å². The molecule has 29 heavy (non-hydrogen) atoms. The van der Waals surface area contributed by atoms with Gasteiger partial charge in [-0.3, -0.25) is 4.79 Å². The summed E-state index contributed by atoms with van der Waals surface area (Å²) in [5, 5.41) is 8.24. The van der Waals surface area contributed by atoms with E-state index >= 15 is 0 Å². The predicted molar refractivity (Wildman–Crippen MR) is 116 cm³/mol. The van der Waals surface area contributed by atoms with Crippen molar-refractivity contribution in [3.63, 3.8) is 0 Å². The molecule has 7 heteroatoms. The Morgan fingerprint density at radius 3 is 2.55 bits per heavy atom. The van der Waals surface area contributed by atoms with Crippen LogP contribution in [0.25, 0.3) is 0 Å². The van der Waals surface area contributed by atoms with Crippen molar-refractivity contribution in [1.82, 2.24) is 15.1 Å². The number of rotatable bonds is 8. The van der Waals surface area contributed by atoms with Crippen molar-refractivity contribution in [2.45, 2.75) is 33.4 Å². The molecule has 0 radical (unpaired) electrons. The molecule has 1 N–H and O–H groups in total. The first-order chi connectivity index (χ1) is 14.0. The van der Waals surface area contributed by atoms with Crippen LogP contribution in [0, 0.1) is 6.92 Å². The SMILES string of the molecule is CCCOc1ccc(CNC(=O)c2c(C)nn(Cc3ccccc3Cl)c2Cl)cc1. The Labute approximate surface area is 180 Å². The maximum Gasteiger partial charge on any atom is 0.256 e. The Morgan fingerprint density at radius 1 is 1.14 bits per heavy atom. The molecule has 0 spiro atoms. The molecular weight excluding hydrogens is 409 g/mol. The number of aromatic nitrogens is 2. The summed E-state index contributed by atoms with van der Waals surface area (Å²) in [5.74, 6) is 0.561. The normalized spacial score (nSPS) is 10.8. The second kappa shape index (κ2) is 9.81. The number of benzene rings is 2. The highest BCUT2D eigenvalue weighted by molar-refractivity contribution is 6.33. The van der Waals surface area contributed by atoms with Gasteiger partial charge in [0.2, 0.25) is 0 Å². The average molecular weight is 432 g/mol. The van der Waals surface area contributed by atoms with Gasteiger partial charge in [0.1, 0.15) is 10.9 Å². The first kappa shape index (κ1) is 21.2. The van der Waals surface area contributed by atoms with Gasteiger partial charge in [0, 0.05) is 11.6 Å². The van der Waals surface area contributed by atoms with E-state index in [0.717, 1.165) is 23.3 Å². The van der Waals surface area contributed by atoms with Crippen molar-refractivity contribution < 1.29 is 9.53 Å². The number of halogens is 2. The van der Waals surface area contributed by atoms with Crippen LogP contribution in [0.4, 0.5) is 0 Å². The van der Waals surface area contributed by atoms with Gasteiger partial charge < -0.3 is 10.1 Å². The maximum atomic E-state index is 12.7. The summed E-state index contributed by atoms with van der Waals surface area (Å²) in [7, 11) is 0. The van der Waals surface area contributed by atoms with E-state index in [1.807, 2.05) is 48.5 Å². The number of hydrogen-bond donors (Lipinski definition) is 1. The summed E-state index contributed by atoms with van der Waals surface area (Å²) in [4.78, 5) is 12.7. The molecule has 3 aromatic rings. The van der Waals surface area contributed by atoms with Crippen LogP contribution in [-0.2, 0) is 13.1 Å². The lowest BCUT2D eigenvalue weighted by Gasteiger charge is -2.08. The highest BCUT2D eigenvalue weighted by Gasteiger charge is 2.20. The van der Waals surface area contributed by atoms with E-state index in [0.29, 0.717) is 41.1 Å². The van der Waals surface area contributed by atoms with Gasteiger partial charge in [-0.05, 0) is 42.7 Å². The number of carbonyl (C=O) groups is 1. The highest BCUT2D eigenvalue weighted by Crippen LogP contribution is 2.23. The number of nitrogens with zero attached hydrogens (tertiary/aromatic N) is 2. The van der Waals surface area contributed by atoms with Gasteiger partial charge in [-0.15, -0.1) is 0 Å². The van der Waals surface area contributed by atoms with Crippen molar-refractivity contribution >= 4 is 29.1 Å². The predicted octanol–water partition coefficient (Wildman–Crippen LogP) is 5.27. The molecule has 0 unspecified atom stereocenters. The zero-order valence-electron chi connectivity index (χ0n) is 16.4. The van der Waals surface area contributed by atoms with Crippen molar-refractivity contribution in [3.8, 4) is 5.75 Å². The van der Waals surface area contributed by atoms with E-state index in [2.05, 4.69) is 17.3 Å². The summed E-state index contributed by atoms with van der Waals surface area (Å²) in [6, 6.07) is 15.1. The fourth-order valence-electron chi connectivity index (χ4n) is 2.90. The number of carbonyl (C=O) groups excluding carboxylic acids is 1. The zero-order valence-corrected chi connectivity index (χ0v) is 17.9. The lowest BCUT2D eigenvalue weighted by atomic mass is 10.2. The van der Waals surface area contributed by atoms with E-state index in [-0.39, 0.29) is 5.91 Å². The molecule has 0 saturated heterocycles. The van der Waals surface area contributed by atoms with Crippen LogP contribution in [-0.4, -0.2) is 22.3 Å². The van der Waals surface area contributed by atoms with Crippen LogP contribution >= 0.6 is 23.2 Å². The third-order valence-electron chi connectivity index (χ3n) is 4.42. The van der Waals surface area contributed by atoms with Gasteiger partial charge in [0.05, 0.1) is 24.4 Å². The second-order valence-corrected chi connectivity index (χ2v) is 7.44. The largest absolute Gasteiger partial charge is 0.494 e. The molecule has 0 atom stereocenters. The summed E-state index contributed by atoms with van der Waals surface area (Å²) >= 11 is 12.7. The molecule has 0 aliphatic heterocycles. The van der Waals surface area contributed by atoms with Crippen LogP contribution < -0.4 is 10.1 Å². The average Bonchev–Trinajstić information content (AvgIpc) is 3.00. The molecule has 0 fully saturated rings. The third-order valence-corrected chi connectivity index (χ3v) is 5.17. The number of nitrogens with one attached hydrogen (secondary N) is 1. The molecule has 3 rings (SSSR count). The Morgan fingerprint density at radius 2 is 1.86 bits per heavy atom. The highest BCUT2D eigenvalue weighted by atomic mass is 35.5. The van der Waals surface area contributed by atoms with Crippen LogP contribution in [0.5, 0.6) is 5.75 Å². The van der Waals surface area contributed by atoms with Crippen molar-refractivity contribution in [1.29, 1.82) is 0 Å². The van der Waals surface area contributed by atoms with Crippen molar-refractivity contribution in [3.05, 3.63) is 81.1 Å². The first-order valence-corrected chi connectivity index (χ1v) is 10.2. The molecule has 0 aliphatic carbocycles. The van der Waals surface area contributed by atoms with Gasteiger partial charge in [-0.25, -0.2) is 4.68 Å². The fraction of sp³-hybridized carbons (Fsp3) is 0.273. The third kappa shape index (κ3) is 5.31. The van der Waals surface area contributed by atoms with Gasteiger partial charge in [-0.1, -0.05) is 60.5 Å². The van der Waals surface area contributed by atoms with Crippen LogP contribution in [0.2, 0.25) is 10.2 Å². The molecule has 1 amide bonds. The molecule has 1 heterocycles. The quantitative estimate of drug-likeness (QED) is 0.528. The first-order valence-electron chi connectivity index (χ1n) is 9.45. The maximum absolute atomic E-state index is 12.7. The minimum atomic E-state index is -0.260. The van der Waals surface area contributed by atoms with E-state index in [1.54, 1.807) is 11.6 Å². The minimum absolute atomic E-state index is 0.260. The van der Waals surface area contributed by atoms with Gasteiger partial charge in [-0.2, -0.15) is 5.10 Å². The van der Waals surface area contributed by atoms with Crippen molar-refractivity contribution in [2.24, 2.45) is 0 Å². The van der Waals surface area contributed by atoms with E-state index in [1.165, 1.54) is 0 Å². The monoisotopic (exact) mass is 431 g/mol. The second-order valence-electron chi connectivity index (χ2n) is 6.68. The Hall–Kier alpha value is -2.50. The molecule has 5 nitrogen and oxygen atoms in total. The lowest BCUT2D eigenvalue weighted by molar-refractivity contribution is 0.0950. The van der Waals surface area contributed by atoms with Crippen LogP contribution in [0.3, 0.4) is 0 Å². The molecule has 0 saturated carbocycles. The van der Waals surface area contributed by atoms with E-state index in [4.69, 9.17) is 27.9 Å². The van der Waals surface area contributed by atoms with Crippen molar-refractivity contribution in [2.75, 3.05) is 6.61 Å². The number of aryl methyl sites for hydroxylation is 1. The zero-order chi connectivity index (χ0) is 20.8. The number of amides is 1. The van der Waals surface area contributed by atoms with Gasteiger partial charge in [0.25, 0.3) is 5.91 Å². The molecule has 152 valence electrons. The molecule has 2 aromatic carbocycles. The summed E-state index contributed by atoms with van der Waals surface area (Å²) in [6.07, 6.45) is 0.960. The number of ether oxygens (including phenoxy) is 1. The number of hydrogen-bond acceptors (Lipinski definition) is 3. The van der Waals surface area contributed by atoms with E-state index < -0.39 is 0 Å². The smallest absolute Gasteiger partial charge is 0.256 e. The fourth-order valence-corrected chi connectivity index (χ4v) is 3.41. The Bertz CT molecular complexity index is 984. The standard InChI is InChI=1S/C22H23Cl2N3O2/c1-3-12-29-18-10-8-16(9-11-18)13-25-22(28)20-15(2)26-27(21(20)24)14-17-6-4-5-7-19(17)23/h4-11H,3,12-14H2,1-2H3,(H,25,28). The van der Waals surface area contributed by atoms with Crippen LogP contribution in [0.15, 0.2) is 48.5 Å². The van der Waals surface area contributed by atoms with E-state index in [9.17, 15) is 4.79 Å². The Balaban J connectivity index is 1.66.